The van der Waals surface area contributed by atoms with E-state index in [0.29, 0.717) is 22.8 Å². The molecule has 64 heavy (non-hydrogen) atoms. The largest absolute Gasteiger partial charge is 0.455 e. The molecular weight excluding hydrogens is 781 g/mol. The normalized spacial score (nSPS) is 11.4. The van der Waals surface area contributed by atoms with E-state index < -0.39 is 0 Å². The second-order valence-electron chi connectivity index (χ2n) is 15.9. The molecule has 0 fully saturated rings. The molecule has 12 rings (SSSR count). The van der Waals surface area contributed by atoms with Crippen molar-refractivity contribution in [2.45, 2.75) is 0 Å². The monoisotopic (exact) mass is 816 g/mol. The minimum absolute atomic E-state index is 0.424. The molecule has 0 bridgehead atoms. The fourth-order valence-electron chi connectivity index (χ4n) is 9.47. The molecule has 0 saturated carbocycles. The van der Waals surface area contributed by atoms with Gasteiger partial charge in [0.15, 0.2) is 5.82 Å². The second-order valence-corrected chi connectivity index (χ2v) is 15.9. The summed E-state index contributed by atoms with van der Waals surface area (Å²) in [5.41, 5.74) is 15.0. The van der Waals surface area contributed by atoms with Crippen LogP contribution in [0.15, 0.2) is 223 Å². The average Bonchev–Trinajstić information content (AvgIpc) is 3.93. The number of hydrogen-bond acceptors (Lipinski definition) is 4. The van der Waals surface area contributed by atoms with Gasteiger partial charge in [-0.25, -0.2) is 9.97 Å². The van der Waals surface area contributed by atoms with Gasteiger partial charge in [0.2, 0.25) is 0 Å². The standard InChI is InChI=1S/C59H36N4O/c60-37-48-55(41-25-12-4-13-26-41)61-59(62-56(48)42-27-14-5-15-28-42)54-43(38-19-6-1-7-20-38)33-35-50(52(54)40-23-10-3-11-24-40)63-49-32-17-16-29-47(49)53-51(63)36-34-46-45-31-18-30-44(57(45)64-58(46)53)39-21-8-2-9-22-39/h1-36H. The number of hydrogen-bond donors (Lipinski definition) is 0. The van der Waals surface area contributed by atoms with Crippen LogP contribution in [0.3, 0.4) is 0 Å². The first-order chi connectivity index (χ1) is 31.7. The summed E-state index contributed by atoms with van der Waals surface area (Å²) in [6, 6.07) is 77.7. The van der Waals surface area contributed by atoms with E-state index in [1.54, 1.807) is 0 Å². The third kappa shape index (κ3) is 5.93. The highest BCUT2D eigenvalue weighted by molar-refractivity contribution is 6.25. The smallest absolute Gasteiger partial charge is 0.161 e. The number of nitriles is 1. The van der Waals surface area contributed by atoms with E-state index in [1.165, 1.54) is 0 Å². The van der Waals surface area contributed by atoms with Crippen molar-refractivity contribution in [1.29, 1.82) is 5.26 Å². The number of fused-ring (bicyclic) bond motifs is 7. The SMILES string of the molecule is N#Cc1c(-c2ccccc2)nc(-c2c(-c3ccccc3)ccc(-n3c4ccccc4c4c5oc6c(-c7ccccc7)cccc6c5ccc43)c2-c2ccccc2)nc1-c1ccccc1. The minimum Gasteiger partial charge on any atom is -0.455 e. The summed E-state index contributed by atoms with van der Waals surface area (Å²) in [6.07, 6.45) is 0. The first kappa shape index (κ1) is 37.0. The molecule has 5 nitrogen and oxygen atoms in total. The second kappa shape index (κ2) is 15.3. The molecule has 0 amide bonds. The third-order valence-corrected chi connectivity index (χ3v) is 12.3. The van der Waals surface area contributed by atoms with Crippen LogP contribution in [0.1, 0.15) is 5.56 Å². The van der Waals surface area contributed by atoms with E-state index in [9.17, 15) is 5.26 Å². The minimum atomic E-state index is 0.424. The Bertz CT molecular complexity index is 3700. The zero-order valence-corrected chi connectivity index (χ0v) is 34.5. The molecule has 9 aromatic carbocycles. The summed E-state index contributed by atoms with van der Waals surface area (Å²) < 4.78 is 9.44. The van der Waals surface area contributed by atoms with Gasteiger partial charge in [-0.05, 0) is 46.5 Å². The number of benzene rings is 9. The molecule has 0 aliphatic heterocycles. The van der Waals surface area contributed by atoms with Crippen LogP contribution in [0, 0.1) is 11.3 Å². The van der Waals surface area contributed by atoms with Crippen LogP contribution in [-0.2, 0) is 0 Å². The van der Waals surface area contributed by atoms with Gasteiger partial charge >= 0.3 is 0 Å². The molecule has 0 spiro atoms. The van der Waals surface area contributed by atoms with Crippen molar-refractivity contribution in [2.75, 3.05) is 0 Å². The molecule has 3 heterocycles. The van der Waals surface area contributed by atoms with Gasteiger partial charge in [0.25, 0.3) is 0 Å². The van der Waals surface area contributed by atoms with Gasteiger partial charge in [-0.3, -0.25) is 0 Å². The lowest BCUT2D eigenvalue weighted by atomic mass is 9.89. The van der Waals surface area contributed by atoms with Crippen molar-refractivity contribution in [3.05, 3.63) is 224 Å². The van der Waals surface area contributed by atoms with E-state index in [0.717, 1.165) is 99.5 Å². The van der Waals surface area contributed by atoms with Crippen molar-refractivity contribution in [1.82, 2.24) is 14.5 Å². The van der Waals surface area contributed by atoms with Gasteiger partial charge in [-0.15, -0.1) is 0 Å². The van der Waals surface area contributed by atoms with Crippen LogP contribution in [-0.4, -0.2) is 14.5 Å². The number of aromatic nitrogens is 3. The van der Waals surface area contributed by atoms with E-state index >= 15 is 0 Å². The fraction of sp³-hybridized carbons (Fsp3) is 0. The van der Waals surface area contributed by atoms with Gasteiger partial charge < -0.3 is 8.98 Å². The van der Waals surface area contributed by atoms with Crippen LogP contribution >= 0.6 is 0 Å². The zero-order chi connectivity index (χ0) is 42.6. The van der Waals surface area contributed by atoms with Crippen LogP contribution in [0.5, 0.6) is 0 Å². The summed E-state index contributed by atoms with van der Waals surface area (Å²) in [7, 11) is 0. The van der Waals surface area contributed by atoms with Crippen LogP contribution < -0.4 is 0 Å². The summed E-state index contributed by atoms with van der Waals surface area (Å²) >= 11 is 0. The lowest BCUT2D eigenvalue weighted by Crippen LogP contribution is -2.05. The highest BCUT2D eigenvalue weighted by Crippen LogP contribution is 2.48. The topological polar surface area (TPSA) is 67.6 Å². The van der Waals surface area contributed by atoms with Crippen molar-refractivity contribution in [3.8, 4) is 79.0 Å². The molecule has 0 unspecified atom stereocenters. The van der Waals surface area contributed by atoms with Crippen LogP contribution in [0.25, 0.3) is 117 Å². The Labute approximate surface area is 369 Å². The summed E-state index contributed by atoms with van der Waals surface area (Å²) in [4.78, 5) is 10.9. The zero-order valence-electron chi connectivity index (χ0n) is 34.5. The number of rotatable bonds is 7. The summed E-state index contributed by atoms with van der Waals surface area (Å²) in [5, 5.41) is 15.2. The Balaban J connectivity index is 1.22. The van der Waals surface area contributed by atoms with Gasteiger partial charge in [-0.1, -0.05) is 194 Å². The predicted octanol–water partition coefficient (Wildman–Crippen LogP) is 15.3. The Hall–Kier alpha value is -8.85. The average molecular weight is 817 g/mol. The first-order valence-electron chi connectivity index (χ1n) is 21.4. The Morgan fingerprint density at radius 3 is 1.52 bits per heavy atom. The Morgan fingerprint density at radius 1 is 0.391 bits per heavy atom. The number of nitrogens with zero attached hydrogens (tertiary/aromatic N) is 4. The summed E-state index contributed by atoms with van der Waals surface area (Å²) in [5.74, 6) is 0.519. The van der Waals surface area contributed by atoms with Gasteiger partial charge in [0.1, 0.15) is 22.8 Å². The van der Waals surface area contributed by atoms with E-state index in [4.69, 9.17) is 14.4 Å². The van der Waals surface area contributed by atoms with E-state index in [2.05, 4.69) is 150 Å². The van der Waals surface area contributed by atoms with Crippen LogP contribution in [0.4, 0.5) is 0 Å². The molecule has 0 aliphatic carbocycles. The van der Waals surface area contributed by atoms with Gasteiger partial charge in [-0.2, -0.15) is 5.26 Å². The van der Waals surface area contributed by atoms with Gasteiger partial charge in [0, 0.05) is 44.0 Å². The Kier molecular flexibility index (Phi) is 8.81. The summed E-state index contributed by atoms with van der Waals surface area (Å²) in [6.45, 7) is 0. The highest BCUT2D eigenvalue weighted by atomic mass is 16.3. The molecule has 0 N–H and O–H groups in total. The van der Waals surface area contributed by atoms with Gasteiger partial charge in [0.05, 0.1) is 33.5 Å². The molecule has 5 heteroatoms. The lowest BCUT2D eigenvalue weighted by molar-refractivity contribution is 0.674. The molecule has 0 aliphatic rings. The Morgan fingerprint density at radius 2 is 0.906 bits per heavy atom. The lowest BCUT2D eigenvalue weighted by Gasteiger charge is -2.22. The van der Waals surface area contributed by atoms with Crippen molar-refractivity contribution >= 4 is 43.7 Å². The molecule has 298 valence electrons. The van der Waals surface area contributed by atoms with Crippen molar-refractivity contribution in [3.63, 3.8) is 0 Å². The molecule has 12 aromatic rings. The number of furan rings is 1. The molecule has 3 aromatic heterocycles. The predicted molar refractivity (Wildman–Crippen MR) is 261 cm³/mol. The van der Waals surface area contributed by atoms with Crippen molar-refractivity contribution < 1.29 is 4.42 Å². The molecule has 0 atom stereocenters. The van der Waals surface area contributed by atoms with E-state index in [-0.39, 0.29) is 0 Å². The third-order valence-electron chi connectivity index (χ3n) is 12.3. The van der Waals surface area contributed by atoms with E-state index in [1.807, 2.05) is 78.9 Å². The maximum absolute atomic E-state index is 10.9. The first-order valence-corrected chi connectivity index (χ1v) is 21.4. The fourth-order valence-corrected chi connectivity index (χ4v) is 9.47. The maximum atomic E-state index is 10.9. The number of para-hydroxylation sites is 2. The molecule has 0 saturated heterocycles. The highest BCUT2D eigenvalue weighted by Gasteiger charge is 2.27. The molecular formula is C59H36N4O. The quantitative estimate of drug-likeness (QED) is 0.161. The maximum Gasteiger partial charge on any atom is 0.161 e. The molecule has 0 radical (unpaired) electrons. The van der Waals surface area contributed by atoms with Crippen LogP contribution in [0.2, 0.25) is 0 Å². The van der Waals surface area contributed by atoms with Crippen molar-refractivity contribution in [2.24, 2.45) is 0 Å².